The smallest absolute Gasteiger partial charge is 0.0897 e. The Morgan fingerprint density at radius 2 is 2.44 bits per heavy atom. The van der Waals surface area contributed by atoms with Crippen LogP contribution in [0.25, 0.3) is 0 Å². The highest BCUT2D eigenvalue weighted by atomic mass is 32.1. The Labute approximate surface area is 100 Å². The standard InChI is InChI=1S/C11H19N3OS/c1-8-13-9(7-16-8)6-10(14-12)11(15-2)4-3-5-11/h7,10,14H,3-6,12H2,1-2H3. The molecule has 0 bridgehead atoms. The maximum absolute atomic E-state index is 5.64. The Hall–Kier alpha value is -0.490. The zero-order chi connectivity index (χ0) is 11.6. The summed E-state index contributed by atoms with van der Waals surface area (Å²) in [6.45, 7) is 2.02. The lowest BCUT2D eigenvalue weighted by Gasteiger charge is -2.46. The highest BCUT2D eigenvalue weighted by Gasteiger charge is 2.44. The number of nitrogens with two attached hydrogens (primary N) is 1. The van der Waals surface area contributed by atoms with Gasteiger partial charge >= 0.3 is 0 Å². The van der Waals surface area contributed by atoms with Crippen molar-refractivity contribution in [2.45, 2.75) is 44.2 Å². The Balaban J connectivity index is 2.05. The van der Waals surface area contributed by atoms with Gasteiger partial charge in [0.05, 0.1) is 22.3 Å². The average molecular weight is 241 g/mol. The third-order valence-corrected chi connectivity index (χ3v) is 4.34. The summed E-state index contributed by atoms with van der Waals surface area (Å²) in [5, 5.41) is 3.20. The van der Waals surface area contributed by atoms with Gasteiger partial charge in [0, 0.05) is 18.9 Å². The predicted molar refractivity (Wildman–Crippen MR) is 65.3 cm³/mol. The van der Waals surface area contributed by atoms with Crippen molar-refractivity contribution in [3.63, 3.8) is 0 Å². The maximum atomic E-state index is 5.64. The van der Waals surface area contributed by atoms with E-state index in [0.717, 1.165) is 30.0 Å². The molecule has 0 aliphatic heterocycles. The first-order valence-corrected chi connectivity index (χ1v) is 6.50. The lowest BCUT2D eigenvalue weighted by molar-refractivity contribution is -0.0983. The van der Waals surface area contributed by atoms with Gasteiger partial charge in [-0.15, -0.1) is 11.3 Å². The van der Waals surface area contributed by atoms with E-state index in [9.17, 15) is 0 Å². The van der Waals surface area contributed by atoms with Crippen LogP contribution in [0.3, 0.4) is 0 Å². The maximum Gasteiger partial charge on any atom is 0.0897 e. The van der Waals surface area contributed by atoms with Gasteiger partial charge in [0.2, 0.25) is 0 Å². The summed E-state index contributed by atoms with van der Waals surface area (Å²) in [7, 11) is 1.77. The molecule has 4 nitrogen and oxygen atoms in total. The molecule has 0 amide bonds. The second-order valence-electron chi connectivity index (χ2n) is 4.40. The van der Waals surface area contributed by atoms with Crippen molar-refractivity contribution in [2.75, 3.05) is 7.11 Å². The van der Waals surface area contributed by atoms with Crippen LogP contribution in [0.4, 0.5) is 0 Å². The van der Waals surface area contributed by atoms with Gasteiger partial charge < -0.3 is 4.74 Å². The number of ether oxygens (including phenoxy) is 1. The summed E-state index contributed by atoms with van der Waals surface area (Å²) in [6.07, 6.45) is 4.24. The van der Waals surface area contributed by atoms with Crippen molar-refractivity contribution < 1.29 is 4.74 Å². The largest absolute Gasteiger partial charge is 0.377 e. The lowest BCUT2D eigenvalue weighted by atomic mass is 9.73. The summed E-state index contributed by atoms with van der Waals surface area (Å²) in [5.41, 5.74) is 3.92. The van der Waals surface area contributed by atoms with Gasteiger partial charge in [-0.05, 0) is 26.2 Å². The average Bonchev–Trinajstić information content (AvgIpc) is 2.61. The molecule has 1 fully saturated rings. The van der Waals surface area contributed by atoms with E-state index in [1.165, 1.54) is 6.42 Å². The fourth-order valence-electron chi connectivity index (χ4n) is 2.33. The summed E-state index contributed by atoms with van der Waals surface area (Å²) in [6, 6.07) is 0.160. The van der Waals surface area contributed by atoms with Gasteiger partial charge in [-0.2, -0.15) is 0 Å². The van der Waals surface area contributed by atoms with Crippen LogP contribution in [-0.4, -0.2) is 23.7 Å². The van der Waals surface area contributed by atoms with Gasteiger partial charge in [0.25, 0.3) is 0 Å². The van der Waals surface area contributed by atoms with E-state index in [2.05, 4.69) is 15.8 Å². The van der Waals surface area contributed by atoms with Crippen LogP contribution in [0.15, 0.2) is 5.38 Å². The van der Waals surface area contributed by atoms with Gasteiger partial charge in [0.1, 0.15) is 0 Å². The molecule has 90 valence electrons. The minimum absolute atomic E-state index is 0.0771. The number of aryl methyl sites for hydroxylation is 1. The van der Waals surface area contributed by atoms with Crippen molar-refractivity contribution >= 4 is 11.3 Å². The fourth-order valence-corrected chi connectivity index (χ4v) is 2.95. The number of methoxy groups -OCH3 is 1. The van der Waals surface area contributed by atoms with Crippen molar-refractivity contribution in [3.05, 3.63) is 16.1 Å². The molecular weight excluding hydrogens is 222 g/mol. The second kappa shape index (κ2) is 4.79. The third kappa shape index (κ3) is 2.13. The first kappa shape index (κ1) is 12.0. The predicted octanol–water partition coefficient (Wildman–Crippen LogP) is 1.40. The number of aromatic nitrogens is 1. The number of nitrogens with one attached hydrogen (secondary N) is 1. The number of hydrogen-bond acceptors (Lipinski definition) is 5. The van der Waals surface area contributed by atoms with Crippen LogP contribution < -0.4 is 11.3 Å². The number of hydrogen-bond donors (Lipinski definition) is 2. The van der Waals surface area contributed by atoms with Gasteiger partial charge in [-0.1, -0.05) is 0 Å². The number of nitrogens with zero attached hydrogens (tertiary/aromatic N) is 1. The van der Waals surface area contributed by atoms with Gasteiger partial charge in [-0.25, -0.2) is 4.98 Å². The Kier molecular flexibility index (Phi) is 3.59. The van der Waals surface area contributed by atoms with E-state index in [0.29, 0.717) is 0 Å². The number of hydrazine groups is 1. The van der Waals surface area contributed by atoms with Crippen LogP contribution in [0.1, 0.15) is 30.0 Å². The molecule has 1 aliphatic rings. The van der Waals surface area contributed by atoms with Gasteiger partial charge in [-0.3, -0.25) is 11.3 Å². The topological polar surface area (TPSA) is 60.2 Å². The second-order valence-corrected chi connectivity index (χ2v) is 5.47. The van der Waals surface area contributed by atoms with Crippen LogP contribution >= 0.6 is 11.3 Å². The molecule has 0 aromatic carbocycles. The van der Waals surface area contributed by atoms with E-state index in [-0.39, 0.29) is 11.6 Å². The van der Waals surface area contributed by atoms with Crippen molar-refractivity contribution in [1.82, 2.24) is 10.4 Å². The van der Waals surface area contributed by atoms with Gasteiger partial charge in [0.15, 0.2) is 0 Å². The molecule has 1 unspecified atom stereocenters. The first-order valence-electron chi connectivity index (χ1n) is 5.62. The highest BCUT2D eigenvalue weighted by Crippen LogP contribution is 2.38. The SMILES string of the molecule is COC1(C(Cc2csc(C)n2)NN)CCC1. The minimum Gasteiger partial charge on any atom is -0.377 e. The normalized spacial score (nSPS) is 20.4. The Morgan fingerprint density at radius 3 is 2.81 bits per heavy atom. The Bertz CT molecular complexity index is 343. The molecule has 0 spiro atoms. The molecule has 3 N–H and O–H groups in total. The molecule has 1 aromatic rings. The molecule has 1 atom stereocenters. The number of thiazole rings is 1. The highest BCUT2D eigenvalue weighted by molar-refractivity contribution is 7.09. The summed E-state index contributed by atoms with van der Waals surface area (Å²) < 4.78 is 5.64. The molecular formula is C11H19N3OS. The summed E-state index contributed by atoms with van der Waals surface area (Å²) in [5.74, 6) is 5.64. The molecule has 1 aliphatic carbocycles. The third-order valence-electron chi connectivity index (χ3n) is 3.52. The van der Waals surface area contributed by atoms with E-state index < -0.39 is 0 Å². The molecule has 1 saturated carbocycles. The van der Waals surface area contributed by atoms with E-state index in [4.69, 9.17) is 10.6 Å². The van der Waals surface area contributed by atoms with Crippen LogP contribution in [0.2, 0.25) is 0 Å². The monoisotopic (exact) mass is 241 g/mol. The molecule has 1 aromatic heterocycles. The molecule has 16 heavy (non-hydrogen) atoms. The minimum atomic E-state index is -0.0771. The van der Waals surface area contributed by atoms with E-state index >= 15 is 0 Å². The fraction of sp³-hybridized carbons (Fsp3) is 0.727. The van der Waals surface area contributed by atoms with Crippen molar-refractivity contribution in [1.29, 1.82) is 0 Å². The van der Waals surface area contributed by atoms with Crippen LogP contribution in [0, 0.1) is 6.92 Å². The number of rotatable bonds is 5. The summed E-state index contributed by atoms with van der Waals surface area (Å²) >= 11 is 1.68. The quantitative estimate of drug-likeness (QED) is 0.604. The van der Waals surface area contributed by atoms with Crippen molar-refractivity contribution in [3.8, 4) is 0 Å². The molecule has 1 heterocycles. The zero-order valence-electron chi connectivity index (χ0n) is 9.82. The first-order chi connectivity index (χ1) is 7.70. The molecule has 5 heteroatoms. The Morgan fingerprint density at radius 1 is 1.69 bits per heavy atom. The molecule has 0 saturated heterocycles. The zero-order valence-corrected chi connectivity index (χ0v) is 10.6. The van der Waals surface area contributed by atoms with E-state index in [1.807, 2.05) is 6.92 Å². The van der Waals surface area contributed by atoms with Crippen LogP contribution in [-0.2, 0) is 11.2 Å². The molecule has 2 rings (SSSR count). The molecule has 0 radical (unpaired) electrons. The summed E-state index contributed by atoms with van der Waals surface area (Å²) in [4.78, 5) is 4.47. The van der Waals surface area contributed by atoms with Crippen LogP contribution in [0.5, 0.6) is 0 Å². The van der Waals surface area contributed by atoms with Crippen molar-refractivity contribution in [2.24, 2.45) is 5.84 Å². The van der Waals surface area contributed by atoms with E-state index in [1.54, 1.807) is 18.4 Å². The lowest BCUT2D eigenvalue weighted by Crippen LogP contribution is -2.59.